The molecule has 0 radical (unpaired) electrons. The van der Waals surface area contributed by atoms with Gasteiger partial charge in [0.2, 0.25) is 10.0 Å². The first-order chi connectivity index (χ1) is 11.4. The lowest BCUT2D eigenvalue weighted by molar-refractivity contribution is 0.0775. The van der Waals surface area contributed by atoms with Crippen LogP contribution < -0.4 is 0 Å². The largest absolute Gasteiger partial charge is 0.293 e. The predicted octanol–water partition coefficient (Wildman–Crippen LogP) is 2.80. The van der Waals surface area contributed by atoms with Crippen LogP contribution in [0.15, 0.2) is 34.5 Å². The Labute approximate surface area is 147 Å². The van der Waals surface area contributed by atoms with Gasteiger partial charge < -0.3 is 0 Å². The molecule has 0 N–H and O–H groups in total. The summed E-state index contributed by atoms with van der Waals surface area (Å²) in [6, 6.07) is 7.95. The van der Waals surface area contributed by atoms with Crippen LogP contribution in [0.5, 0.6) is 0 Å². The summed E-state index contributed by atoms with van der Waals surface area (Å²) in [6.45, 7) is 7.17. The number of benzene rings is 1. The van der Waals surface area contributed by atoms with Gasteiger partial charge in [-0.1, -0.05) is 6.07 Å². The molecular weight excluding hydrogens is 340 g/mol. The van der Waals surface area contributed by atoms with Crippen molar-refractivity contribution in [2.75, 3.05) is 19.6 Å². The number of fused-ring (bicyclic) bond motifs is 1. The van der Waals surface area contributed by atoms with Crippen molar-refractivity contribution in [3.63, 3.8) is 0 Å². The highest BCUT2D eigenvalue weighted by atomic mass is 32.2. The summed E-state index contributed by atoms with van der Waals surface area (Å²) < 4.78 is 27.2. The molecule has 0 aliphatic carbocycles. The molecule has 2 aromatic rings. The van der Waals surface area contributed by atoms with Gasteiger partial charge in [0.15, 0.2) is 0 Å². The Morgan fingerprint density at radius 3 is 2.67 bits per heavy atom. The zero-order valence-electron chi connectivity index (χ0n) is 14.0. The van der Waals surface area contributed by atoms with E-state index in [4.69, 9.17) is 0 Å². The van der Waals surface area contributed by atoms with E-state index in [1.165, 1.54) is 10.4 Å². The summed E-state index contributed by atoms with van der Waals surface area (Å²) in [5.41, 5.74) is 3.56. The summed E-state index contributed by atoms with van der Waals surface area (Å²) in [5.74, 6) is 0. The van der Waals surface area contributed by atoms with Crippen molar-refractivity contribution in [3.05, 3.63) is 51.2 Å². The standard InChI is InChI=1S/C18H22N2O2S2/c1-13-3-4-17(9-14(13)2)24(21,22)20-11-16(12-20)19-7-5-18-15(10-19)6-8-23-18/h3-4,6,8-9,16H,5,7,10-12H2,1-2H3. The quantitative estimate of drug-likeness (QED) is 0.843. The molecular formula is C18H22N2O2S2. The topological polar surface area (TPSA) is 40.6 Å². The zero-order chi connectivity index (χ0) is 16.9. The highest BCUT2D eigenvalue weighted by Gasteiger charge is 2.40. The second kappa shape index (κ2) is 5.95. The molecule has 0 amide bonds. The number of sulfonamides is 1. The number of hydrogen-bond acceptors (Lipinski definition) is 4. The number of thiophene rings is 1. The molecule has 24 heavy (non-hydrogen) atoms. The molecule has 4 rings (SSSR count). The molecule has 128 valence electrons. The maximum Gasteiger partial charge on any atom is 0.243 e. The molecule has 2 aliphatic heterocycles. The Morgan fingerprint density at radius 2 is 1.92 bits per heavy atom. The van der Waals surface area contributed by atoms with E-state index in [1.807, 2.05) is 31.3 Å². The average molecular weight is 363 g/mol. The van der Waals surface area contributed by atoms with Gasteiger partial charge in [-0.3, -0.25) is 4.90 Å². The van der Waals surface area contributed by atoms with Gasteiger partial charge in [-0.2, -0.15) is 4.31 Å². The van der Waals surface area contributed by atoms with Crippen molar-refractivity contribution in [1.29, 1.82) is 0 Å². The van der Waals surface area contributed by atoms with Gasteiger partial charge in [0.1, 0.15) is 0 Å². The maximum absolute atomic E-state index is 12.8. The van der Waals surface area contributed by atoms with E-state index in [2.05, 4.69) is 16.3 Å². The van der Waals surface area contributed by atoms with Gasteiger partial charge in [0.05, 0.1) is 4.90 Å². The van der Waals surface area contributed by atoms with Crippen LogP contribution >= 0.6 is 11.3 Å². The molecule has 1 fully saturated rings. The van der Waals surface area contributed by atoms with Crippen LogP contribution in [-0.2, 0) is 23.0 Å². The third-order valence-corrected chi connectivity index (χ3v) is 8.15. The molecule has 0 unspecified atom stereocenters. The minimum atomic E-state index is -3.35. The molecule has 2 aliphatic rings. The fraction of sp³-hybridized carbons (Fsp3) is 0.444. The summed E-state index contributed by atoms with van der Waals surface area (Å²) in [6.07, 6.45) is 1.09. The van der Waals surface area contributed by atoms with Crippen LogP contribution in [-0.4, -0.2) is 43.3 Å². The SMILES string of the molecule is Cc1ccc(S(=O)(=O)N2CC(N3CCc4sccc4C3)C2)cc1C. The van der Waals surface area contributed by atoms with Gasteiger partial charge in [-0.15, -0.1) is 11.3 Å². The van der Waals surface area contributed by atoms with Gasteiger partial charge >= 0.3 is 0 Å². The molecule has 0 spiro atoms. The average Bonchev–Trinajstić information content (AvgIpc) is 2.96. The molecule has 1 aromatic heterocycles. The molecule has 1 saturated heterocycles. The van der Waals surface area contributed by atoms with Crippen molar-refractivity contribution in [2.24, 2.45) is 0 Å². The van der Waals surface area contributed by atoms with E-state index in [-0.39, 0.29) is 0 Å². The zero-order valence-corrected chi connectivity index (χ0v) is 15.7. The predicted molar refractivity (Wildman–Crippen MR) is 96.9 cm³/mol. The Morgan fingerprint density at radius 1 is 1.12 bits per heavy atom. The highest BCUT2D eigenvalue weighted by Crippen LogP contribution is 2.30. The van der Waals surface area contributed by atoms with Crippen molar-refractivity contribution in [2.45, 2.75) is 37.8 Å². The summed E-state index contributed by atoms with van der Waals surface area (Å²) >= 11 is 1.84. The third-order valence-electron chi connectivity index (χ3n) is 5.30. The van der Waals surface area contributed by atoms with Gasteiger partial charge in [0, 0.05) is 37.1 Å². The van der Waals surface area contributed by atoms with Crippen LogP contribution in [0, 0.1) is 13.8 Å². The number of nitrogens with zero attached hydrogens (tertiary/aromatic N) is 2. The Hall–Kier alpha value is -1.21. The monoisotopic (exact) mass is 362 g/mol. The van der Waals surface area contributed by atoms with Gasteiger partial charge in [-0.05, 0) is 60.5 Å². The molecule has 0 bridgehead atoms. The van der Waals surface area contributed by atoms with E-state index < -0.39 is 10.0 Å². The fourth-order valence-electron chi connectivity index (χ4n) is 3.45. The van der Waals surface area contributed by atoms with E-state index in [1.54, 1.807) is 16.4 Å². The van der Waals surface area contributed by atoms with Crippen molar-refractivity contribution in [1.82, 2.24) is 9.21 Å². The number of aryl methyl sites for hydroxylation is 2. The van der Waals surface area contributed by atoms with E-state index in [9.17, 15) is 8.42 Å². The molecule has 0 atom stereocenters. The smallest absolute Gasteiger partial charge is 0.243 e. The normalized spacial score (nSPS) is 19.9. The summed E-state index contributed by atoms with van der Waals surface area (Å²) in [4.78, 5) is 4.34. The Kier molecular flexibility index (Phi) is 4.03. The minimum absolute atomic E-state index is 0.347. The van der Waals surface area contributed by atoms with Crippen LogP contribution in [0.2, 0.25) is 0 Å². The van der Waals surface area contributed by atoms with E-state index >= 15 is 0 Å². The Balaban J connectivity index is 1.44. The second-order valence-corrected chi connectivity index (χ2v) is 9.75. The van der Waals surface area contributed by atoms with Crippen molar-refractivity contribution < 1.29 is 8.42 Å². The summed E-state index contributed by atoms with van der Waals surface area (Å²) in [7, 11) is -3.35. The van der Waals surface area contributed by atoms with Crippen molar-refractivity contribution in [3.8, 4) is 0 Å². The fourth-order valence-corrected chi connectivity index (χ4v) is 5.94. The van der Waals surface area contributed by atoms with E-state index in [0.717, 1.165) is 30.6 Å². The van der Waals surface area contributed by atoms with Crippen LogP contribution in [0.4, 0.5) is 0 Å². The first-order valence-corrected chi connectivity index (χ1v) is 10.6. The van der Waals surface area contributed by atoms with Crippen LogP contribution in [0.25, 0.3) is 0 Å². The highest BCUT2D eigenvalue weighted by molar-refractivity contribution is 7.89. The lowest BCUT2D eigenvalue weighted by Crippen LogP contribution is -2.61. The first kappa shape index (κ1) is 16.3. The minimum Gasteiger partial charge on any atom is -0.293 e. The van der Waals surface area contributed by atoms with E-state index in [0.29, 0.717) is 24.0 Å². The molecule has 3 heterocycles. The summed E-state index contributed by atoms with van der Waals surface area (Å²) in [5, 5.41) is 2.16. The Bertz CT molecular complexity index is 867. The number of rotatable bonds is 3. The molecule has 4 nitrogen and oxygen atoms in total. The third kappa shape index (κ3) is 2.71. The first-order valence-electron chi connectivity index (χ1n) is 8.32. The van der Waals surface area contributed by atoms with Gasteiger partial charge in [-0.25, -0.2) is 8.42 Å². The van der Waals surface area contributed by atoms with Crippen molar-refractivity contribution >= 4 is 21.4 Å². The maximum atomic E-state index is 12.8. The number of hydrogen-bond donors (Lipinski definition) is 0. The van der Waals surface area contributed by atoms with Gasteiger partial charge in [0.25, 0.3) is 0 Å². The lowest BCUT2D eigenvalue weighted by atomic mass is 10.0. The molecule has 1 aromatic carbocycles. The second-order valence-electron chi connectivity index (χ2n) is 6.81. The van der Waals surface area contributed by atoms with Crippen LogP contribution in [0.1, 0.15) is 21.6 Å². The molecule has 6 heteroatoms. The lowest BCUT2D eigenvalue weighted by Gasteiger charge is -2.45. The molecule has 0 saturated carbocycles. The van der Waals surface area contributed by atoms with Crippen LogP contribution in [0.3, 0.4) is 0 Å².